The molecule has 4 aromatic rings. The molecule has 3 heterocycles. The molecule has 4 rings (SSSR count). The summed E-state index contributed by atoms with van der Waals surface area (Å²) in [6.07, 6.45) is -1.58. The molecule has 0 unspecified atom stereocenters. The highest BCUT2D eigenvalue weighted by Crippen LogP contribution is 2.37. The predicted molar refractivity (Wildman–Crippen MR) is 84.4 cm³/mol. The normalized spacial score (nSPS) is 12.2. The second-order valence-electron chi connectivity index (χ2n) is 5.59. The summed E-state index contributed by atoms with van der Waals surface area (Å²) in [5.41, 5.74) is 2.97. The van der Waals surface area contributed by atoms with E-state index in [0.717, 1.165) is 21.0 Å². The Labute approximate surface area is 139 Å². The smallest absolute Gasteiger partial charge is 0.453 e. The molecular formula is C16H12F3N5O. The number of hydrogen-bond donors (Lipinski definition) is 1. The van der Waals surface area contributed by atoms with Crippen LogP contribution in [0, 0.1) is 6.92 Å². The quantitative estimate of drug-likeness (QED) is 0.601. The maximum Gasteiger partial charge on any atom is 0.453 e. The predicted octanol–water partition coefficient (Wildman–Crippen LogP) is 3.61. The maximum absolute atomic E-state index is 13.0. The Bertz CT molecular complexity index is 1100. The Morgan fingerprint density at radius 2 is 2.04 bits per heavy atom. The van der Waals surface area contributed by atoms with Gasteiger partial charge < -0.3 is 4.74 Å². The number of nitrogens with one attached hydrogen (secondary N) is 1. The zero-order valence-electron chi connectivity index (χ0n) is 13.2. The number of aromatic nitrogens is 5. The molecule has 1 aromatic carbocycles. The zero-order chi connectivity index (χ0) is 17.8. The van der Waals surface area contributed by atoms with E-state index < -0.39 is 12.0 Å². The van der Waals surface area contributed by atoms with E-state index in [2.05, 4.69) is 20.3 Å². The van der Waals surface area contributed by atoms with Crippen LogP contribution in [0.25, 0.3) is 27.7 Å². The Hall–Kier alpha value is -3.10. The standard InChI is InChI=1S/C16H12F3N5O/c1-8-5-9(6-10-7-20-22-13(8)10)12-11(25-2)3-4-24-14(12)21-15(23-24)16(17,18)19/h3-7H,1-2H3,(H,20,22). The van der Waals surface area contributed by atoms with Crippen LogP contribution in [0.5, 0.6) is 5.75 Å². The van der Waals surface area contributed by atoms with E-state index in [9.17, 15) is 13.2 Å². The number of H-pyrrole nitrogens is 1. The first-order valence-corrected chi connectivity index (χ1v) is 7.33. The molecule has 128 valence electrons. The third kappa shape index (κ3) is 2.39. The van der Waals surface area contributed by atoms with E-state index in [0.29, 0.717) is 16.9 Å². The molecule has 0 aliphatic rings. The summed E-state index contributed by atoms with van der Waals surface area (Å²) in [5, 5.41) is 11.3. The average Bonchev–Trinajstić information content (AvgIpc) is 3.19. The van der Waals surface area contributed by atoms with Gasteiger partial charge in [0.25, 0.3) is 5.82 Å². The number of methoxy groups -OCH3 is 1. The maximum atomic E-state index is 13.0. The molecule has 0 aliphatic heterocycles. The van der Waals surface area contributed by atoms with Gasteiger partial charge >= 0.3 is 6.18 Å². The molecule has 9 heteroatoms. The van der Waals surface area contributed by atoms with Crippen molar-refractivity contribution < 1.29 is 17.9 Å². The van der Waals surface area contributed by atoms with E-state index in [1.807, 2.05) is 19.1 Å². The SMILES string of the molecule is COc1ccn2nc(C(F)(F)F)nc2c1-c1cc(C)c2[nH]ncc2c1. The third-order valence-electron chi connectivity index (χ3n) is 3.98. The summed E-state index contributed by atoms with van der Waals surface area (Å²) in [4.78, 5) is 3.69. The highest BCUT2D eigenvalue weighted by atomic mass is 19.4. The van der Waals surface area contributed by atoms with Crippen molar-refractivity contribution in [3.63, 3.8) is 0 Å². The minimum Gasteiger partial charge on any atom is -0.496 e. The molecule has 0 aliphatic carbocycles. The number of pyridine rings is 1. The minimum absolute atomic E-state index is 0.0777. The van der Waals surface area contributed by atoms with Crippen molar-refractivity contribution in [2.75, 3.05) is 7.11 Å². The summed E-state index contributed by atoms with van der Waals surface area (Å²) in [5.74, 6) is -0.779. The van der Waals surface area contributed by atoms with Gasteiger partial charge in [0.15, 0.2) is 5.65 Å². The lowest BCUT2D eigenvalue weighted by atomic mass is 10.0. The summed E-state index contributed by atoms with van der Waals surface area (Å²) < 4.78 is 45.4. The van der Waals surface area contributed by atoms with Crippen molar-refractivity contribution in [2.45, 2.75) is 13.1 Å². The number of alkyl halides is 3. The Morgan fingerprint density at radius 1 is 1.24 bits per heavy atom. The van der Waals surface area contributed by atoms with Crippen LogP contribution in [0.3, 0.4) is 0 Å². The van der Waals surface area contributed by atoms with Gasteiger partial charge in [-0.15, -0.1) is 5.10 Å². The monoisotopic (exact) mass is 347 g/mol. The van der Waals surface area contributed by atoms with Gasteiger partial charge in [-0.2, -0.15) is 18.3 Å². The Kier molecular flexibility index (Phi) is 3.21. The second kappa shape index (κ2) is 5.20. The number of nitrogens with zero attached hydrogens (tertiary/aromatic N) is 4. The molecule has 0 bridgehead atoms. The van der Waals surface area contributed by atoms with Gasteiger partial charge in [-0.25, -0.2) is 9.50 Å². The molecule has 0 radical (unpaired) electrons. The van der Waals surface area contributed by atoms with E-state index in [4.69, 9.17) is 4.74 Å². The van der Waals surface area contributed by atoms with Crippen LogP contribution in [0.1, 0.15) is 11.4 Å². The van der Waals surface area contributed by atoms with Gasteiger partial charge in [0.2, 0.25) is 0 Å². The molecule has 0 spiro atoms. The first-order valence-electron chi connectivity index (χ1n) is 7.33. The van der Waals surface area contributed by atoms with Gasteiger partial charge in [-0.3, -0.25) is 5.10 Å². The van der Waals surface area contributed by atoms with Crippen LogP contribution in [-0.4, -0.2) is 31.9 Å². The molecule has 0 fully saturated rings. The highest BCUT2D eigenvalue weighted by Gasteiger charge is 2.36. The number of aromatic amines is 1. The second-order valence-corrected chi connectivity index (χ2v) is 5.59. The fourth-order valence-electron chi connectivity index (χ4n) is 2.87. The number of benzene rings is 1. The van der Waals surface area contributed by atoms with Gasteiger partial charge in [0.1, 0.15) is 5.75 Å². The highest BCUT2D eigenvalue weighted by molar-refractivity contribution is 5.91. The van der Waals surface area contributed by atoms with Gasteiger partial charge in [0.05, 0.1) is 24.4 Å². The first-order chi connectivity index (χ1) is 11.9. The lowest BCUT2D eigenvalue weighted by molar-refractivity contribution is -0.144. The van der Waals surface area contributed by atoms with Crippen LogP contribution in [0.2, 0.25) is 0 Å². The van der Waals surface area contributed by atoms with Crippen LogP contribution in [0.4, 0.5) is 13.2 Å². The van der Waals surface area contributed by atoms with E-state index in [-0.39, 0.29) is 5.65 Å². The Balaban J connectivity index is 2.05. The van der Waals surface area contributed by atoms with E-state index in [1.54, 1.807) is 12.3 Å². The zero-order valence-corrected chi connectivity index (χ0v) is 13.2. The number of ether oxygens (including phenoxy) is 1. The fraction of sp³-hybridized carbons (Fsp3) is 0.188. The van der Waals surface area contributed by atoms with Crippen molar-refractivity contribution in [3.8, 4) is 16.9 Å². The van der Waals surface area contributed by atoms with Gasteiger partial charge in [0, 0.05) is 11.6 Å². The lowest BCUT2D eigenvalue weighted by Crippen LogP contribution is -2.07. The average molecular weight is 347 g/mol. The summed E-state index contributed by atoms with van der Waals surface area (Å²) in [7, 11) is 1.46. The topological polar surface area (TPSA) is 68.1 Å². The van der Waals surface area contributed by atoms with Crippen LogP contribution in [-0.2, 0) is 6.18 Å². The summed E-state index contributed by atoms with van der Waals surface area (Å²) in [6.45, 7) is 1.89. The number of fused-ring (bicyclic) bond motifs is 2. The van der Waals surface area contributed by atoms with E-state index >= 15 is 0 Å². The molecule has 1 N–H and O–H groups in total. The number of hydrogen-bond acceptors (Lipinski definition) is 4. The summed E-state index contributed by atoms with van der Waals surface area (Å²) >= 11 is 0. The van der Waals surface area contributed by atoms with Crippen molar-refractivity contribution in [1.82, 2.24) is 24.8 Å². The third-order valence-corrected chi connectivity index (χ3v) is 3.98. The molecule has 0 atom stereocenters. The van der Waals surface area contributed by atoms with Crippen LogP contribution in [0.15, 0.2) is 30.6 Å². The molecule has 3 aromatic heterocycles. The Morgan fingerprint density at radius 3 is 2.76 bits per heavy atom. The molecular weight excluding hydrogens is 335 g/mol. The number of rotatable bonds is 2. The van der Waals surface area contributed by atoms with Crippen molar-refractivity contribution in [1.29, 1.82) is 0 Å². The van der Waals surface area contributed by atoms with Gasteiger partial charge in [-0.1, -0.05) is 0 Å². The van der Waals surface area contributed by atoms with Crippen LogP contribution < -0.4 is 4.74 Å². The first kappa shape index (κ1) is 15.4. The summed E-state index contributed by atoms with van der Waals surface area (Å²) in [6, 6.07) is 5.23. The van der Waals surface area contributed by atoms with E-state index in [1.165, 1.54) is 13.3 Å². The van der Waals surface area contributed by atoms with Crippen LogP contribution >= 0.6 is 0 Å². The lowest BCUT2D eigenvalue weighted by Gasteiger charge is -2.10. The molecule has 0 amide bonds. The van der Waals surface area contributed by atoms with Crippen molar-refractivity contribution in [2.24, 2.45) is 0 Å². The van der Waals surface area contributed by atoms with Gasteiger partial charge in [-0.05, 0) is 36.2 Å². The number of halogens is 3. The fourth-order valence-corrected chi connectivity index (χ4v) is 2.87. The van der Waals surface area contributed by atoms with Crippen molar-refractivity contribution >= 4 is 16.6 Å². The molecule has 0 saturated heterocycles. The molecule has 25 heavy (non-hydrogen) atoms. The molecule has 0 saturated carbocycles. The largest absolute Gasteiger partial charge is 0.496 e. The minimum atomic E-state index is -4.62. The number of aryl methyl sites for hydroxylation is 1. The molecule has 6 nitrogen and oxygen atoms in total. The van der Waals surface area contributed by atoms with Crippen molar-refractivity contribution in [3.05, 3.63) is 42.0 Å².